The molecular weight excluding hydrogens is 252 g/mol. The summed E-state index contributed by atoms with van der Waals surface area (Å²) in [6.07, 6.45) is 1.86. The molecule has 1 N–H and O–H groups in total. The van der Waals surface area contributed by atoms with E-state index in [4.69, 9.17) is 0 Å². The quantitative estimate of drug-likeness (QED) is 0.475. The summed E-state index contributed by atoms with van der Waals surface area (Å²) in [4.78, 5) is 18.7. The summed E-state index contributed by atoms with van der Waals surface area (Å²) in [6.45, 7) is 6.39. The predicted octanol–water partition coefficient (Wildman–Crippen LogP) is 2.77. The number of aromatic nitrogens is 2. The number of aryl methyl sites for hydroxylation is 1. The molecule has 1 aromatic heterocycles. The van der Waals surface area contributed by atoms with Crippen molar-refractivity contribution in [1.82, 2.24) is 9.97 Å². The molecule has 0 unspecified atom stereocenters. The van der Waals surface area contributed by atoms with Crippen molar-refractivity contribution in [3.63, 3.8) is 0 Å². The molecule has 17 heavy (non-hydrogen) atoms. The average Bonchev–Trinajstić information content (AvgIpc) is 2.26. The Morgan fingerprint density at radius 2 is 2.24 bits per heavy atom. The predicted molar refractivity (Wildman–Crippen MR) is 77.2 cm³/mol. The van der Waals surface area contributed by atoms with Crippen molar-refractivity contribution in [2.75, 3.05) is 11.5 Å². The number of nitrogens with one attached hydrogen (secondary N) is 1. The third kappa shape index (κ3) is 5.17. The highest BCUT2D eigenvalue weighted by atomic mass is 32.2. The second-order valence-corrected chi connectivity index (χ2v) is 6.18. The zero-order valence-corrected chi connectivity index (χ0v) is 12.3. The molecule has 1 aromatic rings. The molecule has 0 fully saturated rings. The minimum atomic E-state index is -0.0605. The van der Waals surface area contributed by atoms with Crippen LogP contribution in [-0.4, -0.2) is 21.5 Å². The lowest BCUT2D eigenvalue weighted by Gasteiger charge is -2.20. The summed E-state index contributed by atoms with van der Waals surface area (Å²) >= 11 is 5.91. The molecule has 3 nitrogen and oxygen atoms in total. The average molecular weight is 272 g/mol. The molecule has 0 aliphatic rings. The second kappa shape index (κ2) is 6.50. The fourth-order valence-corrected chi connectivity index (χ4v) is 2.49. The second-order valence-electron chi connectivity index (χ2n) is 4.90. The molecule has 0 aliphatic heterocycles. The van der Waals surface area contributed by atoms with Gasteiger partial charge in [0.25, 0.3) is 5.56 Å². The molecular formula is C12H20N2OS2. The van der Waals surface area contributed by atoms with Crippen LogP contribution in [0.2, 0.25) is 0 Å². The van der Waals surface area contributed by atoms with Crippen molar-refractivity contribution in [1.29, 1.82) is 0 Å². The Morgan fingerprint density at radius 3 is 2.82 bits per heavy atom. The van der Waals surface area contributed by atoms with Gasteiger partial charge < -0.3 is 4.98 Å². The van der Waals surface area contributed by atoms with E-state index in [9.17, 15) is 4.79 Å². The topological polar surface area (TPSA) is 45.8 Å². The van der Waals surface area contributed by atoms with Crippen molar-refractivity contribution in [2.24, 2.45) is 5.41 Å². The zero-order chi connectivity index (χ0) is 12.9. The zero-order valence-electron chi connectivity index (χ0n) is 10.6. The van der Waals surface area contributed by atoms with E-state index in [0.717, 1.165) is 35.2 Å². The summed E-state index contributed by atoms with van der Waals surface area (Å²) in [5, 5.41) is 0.718. The monoisotopic (exact) mass is 272 g/mol. The van der Waals surface area contributed by atoms with Crippen LogP contribution in [0.3, 0.4) is 0 Å². The molecule has 0 atom stereocenters. The first-order valence-corrected chi connectivity index (χ1v) is 7.42. The van der Waals surface area contributed by atoms with Gasteiger partial charge in [0.15, 0.2) is 5.16 Å². The van der Waals surface area contributed by atoms with Crippen molar-refractivity contribution >= 4 is 24.4 Å². The molecule has 0 saturated heterocycles. The van der Waals surface area contributed by atoms with Gasteiger partial charge in [0.05, 0.1) is 0 Å². The fraction of sp³-hybridized carbons (Fsp3) is 0.667. The van der Waals surface area contributed by atoms with Crippen LogP contribution in [0.1, 0.15) is 32.9 Å². The number of rotatable bonds is 6. The summed E-state index contributed by atoms with van der Waals surface area (Å²) in [5.41, 5.74) is 0.963. The number of H-pyrrole nitrogens is 1. The normalized spacial score (nSPS) is 11.8. The van der Waals surface area contributed by atoms with Gasteiger partial charge in [0.2, 0.25) is 0 Å². The number of thiol groups is 1. The van der Waals surface area contributed by atoms with Gasteiger partial charge in [-0.05, 0) is 17.6 Å². The van der Waals surface area contributed by atoms with E-state index in [1.54, 1.807) is 17.8 Å². The molecule has 0 amide bonds. The van der Waals surface area contributed by atoms with Gasteiger partial charge in [0, 0.05) is 17.5 Å². The highest BCUT2D eigenvalue weighted by molar-refractivity contribution is 7.99. The van der Waals surface area contributed by atoms with E-state index in [1.165, 1.54) is 0 Å². The Morgan fingerprint density at radius 1 is 1.53 bits per heavy atom. The van der Waals surface area contributed by atoms with Crippen LogP contribution in [0, 0.1) is 5.41 Å². The van der Waals surface area contributed by atoms with Crippen molar-refractivity contribution < 1.29 is 0 Å². The van der Waals surface area contributed by atoms with Crippen molar-refractivity contribution in [3.8, 4) is 0 Å². The van der Waals surface area contributed by atoms with Gasteiger partial charge in [-0.15, -0.1) is 0 Å². The summed E-state index contributed by atoms with van der Waals surface area (Å²) in [7, 11) is 0. The largest absolute Gasteiger partial charge is 0.301 e. The molecule has 1 rings (SSSR count). The number of aromatic amines is 1. The molecule has 5 heteroatoms. The smallest absolute Gasteiger partial charge is 0.251 e. The highest BCUT2D eigenvalue weighted by Gasteiger charge is 2.16. The van der Waals surface area contributed by atoms with Crippen LogP contribution < -0.4 is 5.56 Å². The van der Waals surface area contributed by atoms with Gasteiger partial charge in [-0.3, -0.25) is 4.79 Å². The Kier molecular flexibility index (Phi) is 5.59. The van der Waals surface area contributed by atoms with Gasteiger partial charge in [-0.1, -0.05) is 39.0 Å². The Balaban J connectivity index is 2.74. The lowest BCUT2D eigenvalue weighted by Crippen LogP contribution is -2.18. The number of nitrogens with zero attached hydrogens (tertiary/aromatic N) is 1. The van der Waals surface area contributed by atoms with Gasteiger partial charge in [-0.2, -0.15) is 12.6 Å². The standard InChI is InChI=1S/C12H20N2OS2/c1-4-5-9-6-10(15)14-11(13-9)17-8-12(2,3)7-16/h6,16H,4-5,7-8H2,1-3H3,(H,13,14,15). The van der Waals surface area contributed by atoms with Crippen LogP contribution in [0.25, 0.3) is 0 Å². The molecule has 0 radical (unpaired) electrons. The van der Waals surface area contributed by atoms with Crippen molar-refractivity contribution in [2.45, 2.75) is 38.8 Å². The van der Waals surface area contributed by atoms with Gasteiger partial charge >= 0.3 is 0 Å². The Labute approximate surface area is 112 Å². The summed E-state index contributed by atoms with van der Waals surface area (Å²) in [5.74, 6) is 1.72. The van der Waals surface area contributed by atoms with E-state index in [2.05, 4.69) is 43.4 Å². The van der Waals surface area contributed by atoms with E-state index in [-0.39, 0.29) is 11.0 Å². The first-order valence-electron chi connectivity index (χ1n) is 5.81. The van der Waals surface area contributed by atoms with Crippen LogP contribution >= 0.6 is 24.4 Å². The third-order valence-corrected chi connectivity index (χ3v) is 4.56. The first-order chi connectivity index (χ1) is 7.96. The lowest BCUT2D eigenvalue weighted by molar-refractivity contribution is 0.493. The number of hydrogen-bond donors (Lipinski definition) is 2. The minimum absolute atomic E-state index is 0.0605. The molecule has 0 spiro atoms. The van der Waals surface area contributed by atoms with Crippen LogP contribution in [0.4, 0.5) is 0 Å². The maximum atomic E-state index is 11.5. The molecule has 96 valence electrons. The van der Waals surface area contributed by atoms with Crippen LogP contribution in [0.5, 0.6) is 0 Å². The number of thioether (sulfide) groups is 1. The highest BCUT2D eigenvalue weighted by Crippen LogP contribution is 2.26. The van der Waals surface area contributed by atoms with Crippen LogP contribution in [-0.2, 0) is 6.42 Å². The first kappa shape index (κ1) is 14.6. The molecule has 0 aliphatic carbocycles. The van der Waals surface area contributed by atoms with E-state index in [0.29, 0.717) is 0 Å². The third-order valence-electron chi connectivity index (χ3n) is 2.31. The van der Waals surface area contributed by atoms with Gasteiger partial charge in [0.1, 0.15) is 0 Å². The summed E-state index contributed by atoms with van der Waals surface area (Å²) < 4.78 is 0. The maximum absolute atomic E-state index is 11.5. The maximum Gasteiger partial charge on any atom is 0.251 e. The molecule has 0 bridgehead atoms. The molecule has 1 heterocycles. The molecule has 0 aromatic carbocycles. The van der Waals surface area contributed by atoms with Crippen molar-refractivity contribution in [3.05, 3.63) is 22.1 Å². The Hall–Kier alpha value is -0.420. The Bertz CT molecular complexity index is 415. The minimum Gasteiger partial charge on any atom is -0.301 e. The van der Waals surface area contributed by atoms with Crippen LogP contribution in [0.15, 0.2) is 16.0 Å². The van der Waals surface area contributed by atoms with E-state index in [1.807, 2.05) is 0 Å². The number of hydrogen-bond acceptors (Lipinski definition) is 4. The lowest BCUT2D eigenvalue weighted by atomic mass is 10.0. The SMILES string of the molecule is CCCc1cc(=O)[nH]c(SCC(C)(C)CS)n1. The fourth-order valence-electron chi connectivity index (χ4n) is 1.25. The summed E-state index contributed by atoms with van der Waals surface area (Å²) in [6, 6.07) is 1.58. The van der Waals surface area contributed by atoms with E-state index >= 15 is 0 Å². The molecule has 0 saturated carbocycles. The van der Waals surface area contributed by atoms with Gasteiger partial charge in [-0.25, -0.2) is 4.98 Å². The van der Waals surface area contributed by atoms with E-state index < -0.39 is 0 Å².